The molecule has 4 aliphatic carbocycles. The van der Waals surface area contributed by atoms with Crippen molar-refractivity contribution in [3.63, 3.8) is 0 Å². The predicted octanol–water partition coefficient (Wildman–Crippen LogP) is 2.20. The summed E-state index contributed by atoms with van der Waals surface area (Å²) in [6.45, 7) is 8.51. The maximum Gasteiger partial charge on any atom is 0.163 e. The van der Waals surface area contributed by atoms with E-state index >= 15 is 0 Å². The summed E-state index contributed by atoms with van der Waals surface area (Å²) in [5.74, 6) is 0.835. The van der Waals surface area contributed by atoms with Crippen LogP contribution in [0.1, 0.15) is 65.7 Å². The molecule has 174 valence electrons. The van der Waals surface area contributed by atoms with Gasteiger partial charge < -0.3 is 14.9 Å². The number of aliphatic hydroxyl groups excluding tert-OH is 1. The van der Waals surface area contributed by atoms with Crippen molar-refractivity contribution in [1.82, 2.24) is 4.90 Å². The van der Waals surface area contributed by atoms with Crippen molar-refractivity contribution in [2.75, 3.05) is 26.3 Å². The molecule has 1 saturated heterocycles. The van der Waals surface area contributed by atoms with Crippen LogP contribution in [-0.4, -0.2) is 70.7 Å². The largest absolute Gasteiger partial charge is 0.393 e. The number of ketones is 2. The normalized spacial score (nSPS) is 52.9. The average molecular weight is 434 g/mol. The Labute approximate surface area is 185 Å². The van der Waals surface area contributed by atoms with Crippen LogP contribution < -0.4 is 0 Å². The van der Waals surface area contributed by atoms with E-state index < -0.39 is 11.0 Å². The Balaban J connectivity index is 1.53. The fraction of sp³-hybridized carbons (Fsp3) is 0.920. The highest BCUT2D eigenvalue weighted by Crippen LogP contribution is 2.67. The van der Waals surface area contributed by atoms with E-state index in [1.807, 2.05) is 6.92 Å². The molecule has 0 unspecified atom stereocenters. The van der Waals surface area contributed by atoms with Crippen molar-refractivity contribution < 1.29 is 24.5 Å². The van der Waals surface area contributed by atoms with Gasteiger partial charge in [-0.1, -0.05) is 13.8 Å². The van der Waals surface area contributed by atoms with Gasteiger partial charge in [-0.3, -0.25) is 14.5 Å². The molecule has 0 spiro atoms. The highest BCUT2D eigenvalue weighted by Gasteiger charge is 2.72. The van der Waals surface area contributed by atoms with Crippen LogP contribution in [0.3, 0.4) is 0 Å². The fourth-order valence-corrected chi connectivity index (χ4v) is 9.00. The van der Waals surface area contributed by atoms with E-state index in [1.165, 1.54) is 6.92 Å². The van der Waals surface area contributed by atoms with E-state index in [2.05, 4.69) is 11.8 Å². The zero-order valence-electron chi connectivity index (χ0n) is 19.3. The van der Waals surface area contributed by atoms with Crippen molar-refractivity contribution >= 4 is 11.6 Å². The minimum atomic E-state index is -1.49. The quantitative estimate of drug-likeness (QED) is 0.694. The molecular weight excluding hydrogens is 394 g/mol. The van der Waals surface area contributed by atoms with Gasteiger partial charge in [0.2, 0.25) is 0 Å². The third-order valence-corrected chi connectivity index (χ3v) is 10.6. The summed E-state index contributed by atoms with van der Waals surface area (Å²) in [4.78, 5) is 29.1. The molecule has 0 amide bonds. The molecule has 5 rings (SSSR count). The Hall–Kier alpha value is -0.820. The molecular formula is C25H39NO5. The van der Waals surface area contributed by atoms with Crippen molar-refractivity contribution in [3.05, 3.63) is 0 Å². The summed E-state index contributed by atoms with van der Waals surface area (Å²) < 4.78 is 5.53. The number of Topliss-reactive ketones (excluding diaryl/α,β-unsaturated/α-hetero) is 2. The minimum Gasteiger partial charge on any atom is -0.393 e. The monoisotopic (exact) mass is 433 g/mol. The molecule has 5 aliphatic rings. The van der Waals surface area contributed by atoms with Gasteiger partial charge in [0.1, 0.15) is 11.4 Å². The number of hydrogen-bond acceptors (Lipinski definition) is 6. The van der Waals surface area contributed by atoms with Crippen LogP contribution in [0.25, 0.3) is 0 Å². The van der Waals surface area contributed by atoms with Crippen LogP contribution in [0.4, 0.5) is 0 Å². The number of ether oxygens (including phenoxy) is 1. The minimum absolute atomic E-state index is 0.00327. The molecule has 5 fully saturated rings. The van der Waals surface area contributed by atoms with E-state index in [4.69, 9.17) is 4.74 Å². The van der Waals surface area contributed by atoms with Gasteiger partial charge in [0.15, 0.2) is 5.78 Å². The second kappa shape index (κ2) is 7.34. The molecule has 6 nitrogen and oxygen atoms in total. The number of carbonyl (C=O) groups excluding carboxylic acids is 2. The summed E-state index contributed by atoms with van der Waals surface area (Å²) >= 11 is 0. The Morgan fingerprint density at radius 2 is 1.84 bits per heavy atom. The smallest absolute Gasteiger partial charge is 0.163 e. The Kier molecular flexibility index (Phi) is 5.21. The molecule has 31 heavy (non-hydrogen) atoms. The molecule has 2 N–H and O–H groups in total. The predicted molar refractivity (Wildman–Crippen MR) is 115 cm³/mol. The number of nitrogens with zero attached hydrogens (tertiary/aromatic N) is 1. The van der Waals surface area contributed by atoms with Crippen molar-refractivity contribution in [2.24, 2.45) is 34.5 Å². The SMILES string of the molecule is CC(=O)[C@@]1(O)[C@@H](N2CCOCC2)C[C@H]2[C@@H]3CC[C@H]4C[C@@H](O)CC[C@]4(C)[C@H]3C(=O)C[C@@]21C. The zero-order valence-corrected chi connectivity index (χ0v) is 19.3. The molecule has 4 saturated carbocycles. The summed E-state index contributed by atoms with van der Waals surface area (Å²) in [5.41, 5.74) is -2.26. The maximum atomic E-state index is 13.8. The van der Waals surface area contributed by atoms with Gasteiger partial charge in [0.25, 0.3) is 0 Å². The van der Waals surface area contributed by atoms with Crippen LogP contribution in [0, 0.1) is 34.5 Å². The van der Waals surface area contributed by atoms with E-state index in [0.29, 0.717) is 25.6 Å². The van der Waals surface area contributed by atoms with Crippen molar-refractivity contribution in [1.29, 1.82) is 0 Å². The Morgan fingerprint density at radius 3 is 2.52 bits per heavy atom. The van der Waals surface area contributed by atoms with Crippen LogP contribution in [-0.2, 0) is 14.3 Å². The van der Waals surface area contributed by atoms with Gasteiger partial charge in [0.05, 0.1) is 19.3 Å². The molecule has 0 radical (unpaired) electrons. The highest BCUT2D eigenvalue weighted by molar-refractivity contribution is 5.91. The third-order valence-electron chi connectivity index (χ3n) is 10.6. The van der Waals surface area contributed by atoms with Crippen LogP contribution in [0.15, 0.2) is 0 Å². The molecule has 6 heteroatoms. The molecule has 0 aromatic heterocycles. The van der Waals surface area contributed by atoms with E-state index in [9.17, 15) is 19.8 Å². The fourth-order valence-electron chi connectivity index (χ4n) is 9.00. The Morgan fingerprint density at radius 1 is 1.13 bits per heavy atom. The molecule has 0 aromatic carbocycles. The van der Waals surface area contributed by atoms with Crippen LogP contribution in [0.5, 0.6) is 0 Å². The van der Waals surface area contributed by atoms with Gasteiger partial charge in [-0.15, -0.1) is 0 Å². The maximum absolute atomic E-state index is 13.8. The summed E-state index contributed by atoms with van der Waals surface area (Å²) in [6.07, 6.45) is 5.33. The van der Waals surface area contributed by atoms with E-state index in [0.717, 1.165) is 51.6 Å². The van der Waals surface area contributed by atoms with Gasteiger partial charge in [-0.05, 0) is 68.6 Å². The lowest BCUT2D eigenvalue weighted by Gasteiger charge is -2.60. The first-order valence-electron chi connectivity index (χ1n) is 12.4. The summed E-state index contributed by atoms with van der Waals surface area (Å²) in [7, 11) is 0. The van der Waals surface area contributed by atoms with Crippen LogP contribution in [0.2, 0.25) is 0 Å². The Bertz CT molecular complexity index is 765. The zero-order chi connectivity index (χ0) is 22.2. The lowest BCUT2D eigenvalue weighted by molar-refractivity contribution is -0.183. The second-order valence-electron chi connectivity index (χ2n) is 11.7. The lowest BCUT2D eigenvalue weighted by Crippen LogP contribution is -2.65. The van der Waals surface area contributed by atoms with Gasteiger partial charge in [-0.2, -0.15) is 0 Å². The molecule has 1 aliphatic heterocycles. The number of fused-ring (bicyclic) bond motifs is 5. The van der Waals surface area contributed by atoms with Crippen molar-refractivity contribution in [3.8, 4) is 0 Å². The number of hydrogen-bond donors (Lipinski definition) is 2. The number of rotatable bonds is 2. The topological polar surface area (TPSA) is 87.1 Å². The van der Waals surface area contributed by atoms with Gasteiger partial charge >= 0.3 is 0 Å². The molecule has 1 heterocycles. The first kappa shape index (κ1) is 22.0. The molecule has 0 bridgehead atoms. The first-order valence-corrected chi connectivity index (χ1v) is 12.4. The van der Waals surface area contributed by atoms with E-state index in [1.54, 1.807) is 0 Å². The average Bonchev–Trinajstić information content (AvgIpc) is 2.97. The molecule has 9 atom stereocenters. The van der Waals surface area contributed by atoms with E-state index in [-0.39, 0.29) is 46.9 Å². The second-order valence-corrected chi connectivity index (χ2v) is 11.7. The number of aliphatic hydroxyl groups is 2. The molecule has 0 aromatic rings. The van der Waals surface area contributed by atoms with Gasteiger partial charge in [-0.25, -0.2) is 0 Å². The standard InChI is InChI=1S/C25H39NO5/c1-15(27)25(30)21(26-8-10-31-11-9-26)13-19-18-5-4-16-12-17(28)6-7-23(16,2)22(18)20(29)14-24(19,25)3/h16-19,21-22,28,30H,4-14H2,1-3H3/t16-,17-,18-,19-,21-,22+,23-,24-,25+/m0/s1. The first-order chi connectivity index (χ1) is 14.6. The third kappa shape index (κ3) is 2.90. The highest BCUT2D eigenvalue weighted by atomic mass is 16.5. The van der Waals surface area contributed by atoms with Gasteiger partial charge in [0, 0.05) is 36.9 Å². The summed E-state index contributed by atoms with van der Waals surface area (Å²) in [6, 6.07) is -0.242. The lowest BCUT2D eigenvalue weighted by atomic mass is 9.44. The van der Waals surface area contributed by atoms with Crippen molar-refractivity contribution in [2.45, 2.75) is 83.5 Å². The number of morpholine rings is 1. The number of carbonyl (C=O) groups is 2. The summed E-state index contributed by atoms with van der Waals surface area (Å²) in [5, 5.41) is 22.3. The van der Waals surface area contributed by atoms with Crippen LogP contribution >= 0.6 is 0 Å².